The van der Waals surface area contributed by atoms with Gasteiger partial charge in [0.25, 0.3) is 0 Å². The van der Waals surface area contributed by atoms with Crippen LogP contribution in [0.1, 0.15) is 66.4 Å². The van der Waals surface area contributed by atoms with E-state index in [0.29, 0.717) is 18.4 Å². The van der Waals surface area contributed by atoms with Crippen molar-refractivity contribution in [2.75, 3.05) is 13.2 Å². The highest BCUT2D eigenvalue weighted by Gasteiger charge is 2.35. The molecular formula is C38H60N8O15. The second kappa shape index (κ2) is 25.7. The molecule has 1 aromatic carbocycles. The van der Waals surface area contributed by atoms with Crippen molar-refractivity contribution in [3.05, 3.63) is 29.8 Å². The summed E-state index contributed by atoms with van der Waals surface area (Å²) in [6.07, 6.45) is -2.09. The summed E-state index contributed by atoms with van der Waals surface area (Å²) in [5, 5.41) is 73.9. The lowest BCUT2D eigenvalue weighted by Gasteiger charge is -2.28. The van der Waals surface area contributed by atoms with E-state index in [1.54, 1.807) is 13.8 Å². The topological polar surface area (TPSA) is 385 Å². The third kappa shape index (κ3) is 18.1. The normalized spacial score (nSPS) is 16.0. The first-order chi connectivity index (χ1) is 28.4. The van der Waals surface area contributed by atoms with E-state index in [0.717, 1.165) is 6.92 Å². The SMILES string of the molecule is CC[C@H](C)[C@H](NC(=O)[C@@H](N)CC(C)C)C(=O)N[C@@H](CC(=O)O)C(=O)N[C@@H](CO)C(=O)N[C@@H](CO)C(=O)N[C@@H](C)C(=O)N[C@@H](Cc1ccc(O)cc1)C(=O)N[C@H](C(=O)O)[C@@H](C)O. The van der Waals surface area contributed by atoms with Gasteiger partial charge < -0.3 is 73.6 Å². The number of carbonyl (C=O) groups is 9. The number of aliphatic hydroxyl groups is 3. The lowest BCUT2D eigenvalue weighted by Crippen LogP contribution is -2.61. The zero-order valence-corrected chi connectivity index (χ0v) is 34.8. The molecule has 0 aliphatic carbocycles. The Labute approximate surface area is 352 Å². The number of carbonyl (C=O) groups excluding carboxylic acids is 7. The number of aliphatic hydroxyl groups excluding tert-OH is 3. The first kappa shape index (κ1) is 53.1. The number of hydrogen-bond donors (Lipinski definition) is 14. The van der Waals surface area contributed by atoms with E-state index in [-0.39, 0.29) is 18.1 Å². The van der Waals surface area contributed by atoms with Crippen LogP contribution in [0, 0.1) is 11.8 Å². The van der Waals surface area contributed by atoms with Gasteiger partial charge >= 0.3 is 11.9 Å². The maximum atomic E-state index is 13.4. The first-order valence-electron chi connectivity index (χ1n) is 19.5. The van der Waals surface area contributed by atoms with Crippen molar-refractivity contribution in [1.29, 1.82) is 0 Å². The molecule has 15 N–H and O–H groups in total. The third-order valence-electron chi connectivity index (χ3n) is 9.31. The highest BCUT2D eigenvalue weighted by molar-refractivity contribution is 5.98. The molecule has 0 unspecified atom stereocenters. The predicted molar refractivity (Wildman–Crippen MR) is 214 cm³/mol. The van der Waals surface area contributed by atoms with Crippen LogP contribution in [0.3, 0.4) is 0 Å². The van der Waals surface area contributed by atoms with Crippen LogP contribution in [0.4, 0.5) is 0 Å². The molecule has 0 spiro atoms. The maximum absolute atomic E-state index is 13.4. The van der Waals surface area contributed by atoms with Gasteiger partial charge in [0.15, 0.2) is 6.04 Å². The molecule has 1 rings (SSSR count). The largest absolute Gasteiger partial charge is 0.508 e. The first-order valence-corrected chi connectivity index (χ1v) is 19.5. The molecule has 10 atom stereocenters. The number of carboxylic acid groups (broad SMARTS) is 2. The van der Waals surface area contributed by atoms with Gasteiger partial charge in [0, 0.05) is 6.42 Å². The lowest BCUT2D eigenvalue weighted by atomic mass is 9.96. The minimum Gasteiger partial charge on any atom is -0.508 e. The van der Waals surface area contributed by atoms with Crippen LogP contribution in [0.5, 0.6) is 5.75 Å². The predicted octanol–water partition coefficient (Wildman–Crippen LogP) is -4.31. The van der Waals surface area contributed by atoms with Gasteiger partial charge in [0.2, 0.25) is 41.4 Å². The molecule has 0 saturated carbocycles. The Kier molecular flexibility index (Phi) is 22.3. The number of hydrogen-bond acceptors (Lipinski definition) is 14. The quantitative estimate of drug-likeness (QED) is 0.0419. The number of benzene rings is 1. The molecule has 0 aliphatic heterocycles. The number of nitrogens with one attached hydrogen (secondary N) is 7. The van der Waals surface area contributed by atoms with Crippen molar-refractivity contribution in [3.63, 3.8) is 0 Å². The standard InChI is InChI=1S/C38H60N8O15/c1-7-18(4)29(45-32(54)23(39)12-17(2)3)37(59)42-25(14-28(51)52)33(55)43-27(16-48)36(58)44-26(15-47)35(57)40-19(5)31(53)41-24(13-21-8-10-22(50)11-9-21)34(56)46-30(20(6)49)38(60)61/h8-11,17-20,23-27,29-30,47-50H,7,12-16,39H2,1-6H3,(H,40,57)(H,41,53)(H,42,59)(H,43,55)(H,44,58)(H,45,54)(H,46,56)(H,51,52)(H,60,61)/t18-,19-,20+,23-,24-,25-,26-,27-,29-,30-/m0/s1. The van der Waals surface area contributed by atoms with Gasteiger partial charge in [0.1, 0.15) is 42.0 Å². The second-order valence-electron chi connectivity index (χ2n) is 15.0. The van der Waals surface area contributed by atoms with Gasteiger partial charge in [-0.3, -0.25) is 38.4 Å². The van der Waals surface area contributed by atoms with Crippen LogP contribution < -0.4 is 43.0 Å². The number of nitrogens with two attached hydrogens (primary N) is 1. The van der Waals surface area contributed by atoms with E-state index < -0.39 is 133 Å². The summed E-state index contributed by atoms with van der Waals surface area (Å²) in [5.74, 6) is -11.0. The van der Waals surface area contributed by atoms with Crippen molar-refractivity contribution in [2.45, 2.75) is 122 Å². The monoisotopic (exact) mass is 868 g/mol. The van der Waals surface area contributed by atoms with Gasteiger partial charge in [-0.1, -0.05) is 46.2 Å². The van der Waals surface area contributed by atoms with Crippen LogP contribution >= 0.6 is 0 Å². The van der Waals surface area contributed by atoms with Gasteiger partial charge in [-0.05, 0) is 49.8 Å². The van der Waals surface area contributed by atoms with Gasteiger partial charge in [-0.25, -0.2) is 4.79 Å². The summed E-state index contributed by atoms with van der Waals surface area (Å²) in [5.41, 5.74) is 6.37. The molecule has 0 fully saturated rings. The highest BCUT2D eigenvalue weighted by Crippen LogP contribution is 2.13. The summed E-state index contributed by atoms with van der Waals surface area (Å²) in [6, 6.07) is -7.01. The maximum Gasteiger partial charge on any atom is 0.328 e. The van der Waals surface area contributed by atoms with E-state index in [4.69, 9.17) is 5.73 Å². The van der Waals surface area contributed by atoms with Crippen molar-refractivity contribution in [2.24, 2.45) is 17.6 Å². The Bertz CT molecular complexity index is 1690. The Hall–Kier alpha value is -5.91. The molecular weight excluding hydrogens is 808 g/mol. The molecule has 1 aromatic rings. The molecule has 0 aromatic heterocycles. The average Bonchev–Trinajstić information content (AvgIpc) is 3.18. The zero-order valence-electron chi connectivity index (χ0n) is 34.8. The second-order valence-corrected chi connectivity index (χ2v) is 15.0. The molecule has 0 aliphatic rings. The van der Waals surface area contributed by atoms with Crippen LogP contribution in [-0.4, -0.2) is 152 Å². The Morgan fingerprint density at radius 3 is 1.52 bits per heavy atom. The van der Waals surface area contributed by atoms with Crippen molar-refractivity contribution in [3.8, 4) is 5.75 Å². The van der Waals surface area contributed by atoms with Gasteiger partial charge in [-0.15, -0.1) is 0 Å². The summed E-state index contributed by atoms with van der Waals surface area (Å²) in [6.45, 7) is 7.13. The molecule has 61 heavy (non-hydrogen) atoms. The summed E-state index contributed by atoms with van der Waals surface area (Å²) >= 11 is 0. The number of aliphatic carboxylic acids is 2. The number of phenolic OH excluding ortho intramolecular Hbond substituents is 1. The van der Waals surface area contributed by atoms with Crippen LogP contribution in [0.15, 0.2) is 24.3 Å². The number of rotatable bonds is 26. The third-order valence-corrected chi connectivity index (χ3v) is 9.31. The van der Waals surface area contributed by atoms with Crippen LogP contribution in [0.25, 0.3) is 0 Å². The fourth-order valence-corrected chi connectivity index (χ4v) is 5.55. The number of phenols is 1. The van der Waals surface area contributed by atoms with E-state index in [2.05, 4.69) is 37.2 Å². The lowest BCUT2D eigenvalue weighted by molar-refractivity contribution is -0.145. The molecule has 23 nitrogen and oxygen atoms in total. The van der Waals surface area contributed by atoms with Crippen molar-refractivity contribution in [1.82, 2.24) is 37.2 Å². The average molecular weight is 869 g/mol. The smallest absolute Gasteiger partial charge is 0.328 e. The Morgan fingerprint density at radius 1 is 0.607 bits per heavy atom. The molecule has 0 saturated heterocycles. The minimum absolute atomic E-state index is 0.0538. The van der Waals surface area contributed by atoms with Crippen molar-refractivity contribution < 1.29 is 73.8 Å². The molecule has 0 heterocycles. The van der Waals surface area contributed by atoms with Gasteiger partial charge in [0.05, 0.1) is 31.8 Å². The van der Waals surface area contributed by atoms with E-state index in [1.165, 1.54) is 31.2 Å². The van der Waals surface area contributed by atoms with Crippen LogP contribution in [0.2, 0.25) is 0 Å². The molecule has 7 amide bonds. The fourth-order valence-electron chi connectivity index (χ4n) is 5.55. The molecule has 23 heteroatoms. The molecule has 0 bridgehead atoms. The Morgan fingerprint density at radius 2 is 1.07 bits per heavy atom. The highest BCUT2D eigenvalue weighted by atomic mass is 16.4. The van der Waals surface area contributed by atoms with Crippen LogP contribution in [-0.2, 0) is 49.6 Å². The Balaban J connectivity index is 3.11. The minimum atomic E-state index is -1.88. The summed E-state index contributed by atoms with van der Waals surface area (Å²) in [4.78, 5) is 115. The number of carboxylic acids is 2. The van der Waals surface area contributed by atoms with Gasteiger partial charge in [-0.2, -0.15) is 0 Å². The van der Waals surface area contributed by atoms with Crippen molar-refractivity contribution >= 4 is 53.3 Å². The molecule has 0 radical (unpaired) electrons. The molecule has 342 valence electrons. The summed E-state index contributed by atoms with van der Waals surface area (Å²) < 4.78 is 0. The summed E-state index contributed by atoms with van der Waals surface area (Å²) in [7, 11) is 0. The van der Waals surface area contributed by atoms with E-state index in [1.807, 2.05) is 13.8 Å². The zero-order chi connectivity index (χ0) is 46.7. The van der Waals surface area contributed by atoms with E-state index in [9.17, 15) is 73.8 Å². The number of amides is 7. The fraction of sp³-hybridized carbons (Fsp3) is 0.605. The van der Waals surface area contributed by atoms with E-state index >= 15 is 0 Å². The number of aromatic hydroxyl groups is 1.